The van der Waals surface area contributed by atoms with Gasteiger partial charge in [0.2, 0.25) is 5.91 Å². The molecular weight excluding hydrogens is 418 g/mol. The first-order chi connectivity index (χ1) is 15.2. The van der Waals surface area contributed by atoms with Crippen molar-refractivity contribution in [3.05, 3.63) is 22.5 Å². The van der Waals surface area contributed by atoms with Gasteiger partial charge >= 0.3 is 11.9 Å². The van der Waals surface area contributed by atoms with Gasteiger partial charge in [0.05, 0.1) is 31.2 Å². The molecule has 1 aliphatic heterocycles. The van der Waals surface area contributed by atoms with Crippen LogP contribution in [0.25, 0.3) is 0 Å². The summed E-state index contributed by atoms with van der Waals surface area (Å²) in [5.74, 6) is -1.53. The summed E-state index contributed by atoms with van der Waals surface area (Å²) < 4.78 is 15.1. The highest BCUT2D eigenvalue weighted by Crippen LogP contribution is 2.21. The van der Waals surface area contributed by atoms with E-state index in [0.29, 0.717) is 49.4 Å². The molecule has 10 heteroatoms. The highest BCUT2D eigenvalue weighted by atomic mass is 16.6. The zero-order chi connectivity index (χ0) is 23.8. The summed E-state index contributed by atoms with van der Waals surface area (Å²) in [5, 5.41) is 0. The molecule has 1 aromatic heterocycles. The van der Waals surface area contributed by atoms with Crippen LogP contribution in [0.5, 0.6) is 0 Å². The van der Waals surface area contributed by atoms with Crippen LogP contribution in [-0.4, -0.2) is 92.1 Å². The third-order valence-electron chi connectivity index (χ3n) is 5.56. The topological polar surface area (TPSA) is 118 Å². The van der Waals surface area contributed by atoms with E-state index in [1.165, 1.54) is 19.1 Å². The van der Waals surface area contributed by atoms with Crippen LogP contribution in [0.3, 0.4) is 0 Å². The minimum absolute atomic E-state index is 0.103. The summed E-state index contributed by atoms with van der Waals surface area (Å²) in [4.78, 5) is 55.7. The molecule has 0 unspecified atom stereocenters. The molecule has 2 heterocycles. The Morgan fingerprint density at radius 3 is 2.34 bits per heavy atom. The van der Waals surface area contributed by atoms with E-state index in [4.69, 9.17) is 14.2 Å². The Kier molecular flexibility index (Phi) is 9.25. The van der Waals surface area contributed by atoms with Crippen molar-refractivity contribution in [2.75, 3.05) is 53.6 Å². The Hall–Kier alpha value is -2.88. The van der Waals surface area contributed by atoms with E-state index in [1.54, 1.807) is 25.7 Å². The van der Waals surface area contributed by atoms with Gasteiger partial charge in [-0.05, 0) is 39.2 Å². The SMILES string of the molecule is CCOC(=O)C1CCN(C(=O)CN(C)C(=O)c2[nH]c(C)c(C(=O)OCCOC)c2C)CC1. The summed E-state index contributed by atoms with van der Waals surface area (Å²) in [6.07, 6.45) is 1.09. The number of carbonyl (C=O) groups is 4. The van der Waals surface area contributed by atoms with Crippen molar-refractivity contribution in [2.45, 2.75) is 33.6 Å². The molecular formula is C22H33N3O7. The molecule has 2 amide bonds. The number of hydrogen-bond acceptors (Lipinski definition) is 7. The second-order valence-corrected chi connectivity index (χ2v) is 7.82. The highest BCUT2D eigenvalue weighted by Gasteiger charge is 2.30. The van der Waals surface area contributed by atoms with E-state index in [-0.39, 0.29) is 43.2 Å². The fraction of sp³-hybridized carbons (Fsp3) is 0.636. The van der Waals surface area contributed by atoms with E-state index in [0.717, 1.165) is 0 Å². The van der Waals surface area contributed by atoms with Crippen molar-refractivity contribution in [2.24, 2.45) is 5.92 Å². The number of aromatic amines is 1. The number of ether oxygens (including phenoxy) is 3. The predicted octanol–water partition coefficient (Wildman–Crippen LogP) is 1.31. The minimum atomic E-state index is -0.532. The molecule has 0 aliphatic carbocycles. The average Bonchev–Trinajstić information content (AvgIpc) is 3.07. The van der Waals surface area contributed by atoms with E-state index < -0.39 is 11.9 Å². The molecule has 1 saturated heterocycles. The molecule has 0 aromatic carbocycles. The Labute approximate surface area is 188 Å². The van der Waals surface area contributed by atoms with Crippen molar-refractivity contribution in [1.82, 2.24) is 14.8 Å². The molecule has 0 atom stereocenters. The van der Waals surface area contributed by atoms with Crippen LogP contribution in [0, 0.1) is 19.8 Å². The van der Waals surface area contributed by atoms with Gasteiger partial charge in [0.1, 0.15) is 12.3 Å². The van der Waals surface area contributed by atoms with Crippen LogP contribution in [0.4, 0.5) is 0 Å². The van der Waals surface area contributed by atoms with Gasteiger partial charge in [-0.15, -0.1) is 0 Å². The largest absolute Gasteiger partial charge is 0.466 e. The molecule has 10 nitrogen and oxygen atoms in total. The van der Waals surface area contributed by atoms with E-state index >= 15 is 0 Å². The first kappa shape index (κ1) is 25.4. The van der Waals surface area contributed by atoms with Gasteiger partial charge in [-0.1, -0.05) is 0 Å². The first-order valence-electron chi connectivity index (χ1n) is 10.8. The molecule has 0 radical (unpaired) electrons. The van der Waals surface area contributed by atoms with Crippen molar-refractivity contribution >= 4 is 23.8 Å². The van der Waals surface area contributed by atoms with Gasteiger partial charge in [0.15, 0.2) is 0 Å². The maximum absolute atomic E-state index is 12.9. The lowest BCUT2D eigenvalue weighted by molar-refractivity contribution is -0.151. The van der Waals surface area contributed by atoms with Crippen molar-refractivity contribution in [3.63, 3.8) is 0 Å². The third-order valence-corrected chi connectivity index (χ3v) is 5.56. The van der Waals surface area contributed by atoms with Crippen molar-refractivity contribution < 1.29 is 33.4 Å². The standard InChI is InChI=1S/C22H33N3O7/c1-6-31-21(28)16-7-9-25(10-8-16)17(26)13-24(4)20(27)19-14(2)18(15(3)23-19)22(29)32-12-11-30-5/h16,23H,6-13H2,1-5H3. The predicted molar refractivity (Wildman–Crippen MR) is 115 cm³/mol. The lowest BCUT2D eigenvalue weighted by atomic mass is 9.97. The molecule has 1 aliphatic rings. The fourth-order valence-corrected chi connectivity index (χ4v) is 3.75. The van der Waals surface area contributed by atoms with Crippen LogP contribution in [0.15, 0.2) is 0 Å². The number of esters is 2. The number of amides is 2. The highest BCUT2D eigenvalue weighted by molar-refractivity contribution is 6.01. The number of hydrogen-bond donors (Lipinski definition) is 1. The number of likely N-dealkylation sites (tertiary alicyclic amines) is 1. The number of nitrogens with zero attached hydrogens (tertiary/aromatic N) is 2. The minimum Gasteiger partial charge on any atom is -0.466 e. The Morgan fingerprint density at radius 1 is 1.09 bits per heavy atom. The van der Waals surface area contributed by atoms with Crippen molar-refractivity contribution in [3.8, 4) is 0 Å². The zero-order valence-corrected chi connectivity index (χ0v) is 19.5. The maximum Gasteiger partial charge on any atom is 0.340 e. The van der Waals surface area contributed by atoms with Gasteiger partial charge in [0.25, 0.3) is 5.91 Å². The Balaban J connectivity index is 1.96. The Bertz CT molecular complexity index is 841. The second-order valence-electron chi connectivity index (χ2n) is 7.82. The number of methoxy groups -OCH3 is 1. The summed E-state index contributed by atoms with van der Waals surface area (Å²) in [5.41, 5.74) is 1.56. The quantitative estimate of drug-likeness (QED) is 0.444. The molecule has 0 saturated carbocycles. The Morgan fingerprint density at radius 2 is 1.75 bits per heavy atom. The maximum atomic E-state index is 12.9. The van der Waals surface area contributed by atoms with Crippen LogP contribution in [-0.2, 0) is 23.8 Å². The number of nitrogens with one attached hydrogen (secondary N) is 1. The number of aromatic nitrogens is 1. The van der Waals surface area contributed by atoms with Crippen LogP contribution < -0.4 is 0 Å². The van der Waals surface area contributed by atoms with Gasteiger partial charge < -0.3 is 29.0 Å². The van der Waals surface area contributed by atoms with E-state index in [1.807, 2.05) is 0 Å². The molecule has 178 valence electrons. The molecule has 32 heavy (non-hydrogen) atoms. The molecule has 1 fully saturated rings. The normalized spacial score (nSPS) is 14.2. The smallest absolute Gasteiger partial charge is 0.340 e. The van der Waals surface area contributed by atoms with Gasteiger partial charge in [0, 0.05) is 32.9 Å². The molecule has 1 aromatic rings. The summed E-state index contributed by atoms with van der Waals surface area (Å²) in [6.45, 7) is 6.65. The average molecular weight is 452 g/mol. The monoisotopic (exact) mass is 451 g/mol. The van der Waals surface area contributed by atoms with E-state index in [9.17, 15) is 19.2 Å². The van der Waals surface area contributed by atoms with Crippen molar-refractivity contribution in [1.29, 1.82) is 0 Å². The zero-order valence-electron chi connectivity index (χ0n) is 19.5. The van der Waals surface area contributed by atoms with Crippen LogP contribution >= 0.6 is 0 Å². The molecule has 1 N–H and O–H groups in total. The van der Waals surface area contributed by atoms with Gasteiger partial charge in [-0.25, -0.2) is 4.79 Å². The second kappa shape index (κ2) is 11.7. The fourth-order valence-electron chi connectivity index (χ4n) is 3.75. The summed E-state index contributed by atoms with van der Waals surface area (Å²) >= 11 is 0. The first-order valence-corrected chi connectivity index (χ1v) is 10.8. The summed E-state index contributed by atoms with van der Waals surface area (Å²) in [7, 11) is 3.05. The molecule has 2 rings (SSSR count). The summed E-state index contributed by atoms with van der Waals surface area (Å²) in [6, 6.07) is 0. The number of rotatable bonds is 9. The number of H-pyrrole nitrogens is 1. The number of aryl methyl sites for hydroxylation is 1. The lowest BCUT2D eigenvalue weighted by Gasteiger charge is -2.32. The number of piperidine rings is 1. The number of carbonyl (C=O) groups excluding carboxylic acids is 4. The van der Waals surface area contributed by atoms with E-state index in [2.05, 4.69) is 4.98 Å². The third kappa shape index (κ3) is 6.09. The van der Waals surface area contributed by atoms with Crippen LogP contribution in [0.2, 0.25) is 0 Å². The lowest BCUT2D eigenvalue weighted by Crippen LogP contribution is -2.45. The van der Waals surface area contributed by atoms with Gasteiger partial charge in [-0.2, -0.15) is 0 Å². The number of likely N-dealkylation sites (N-methyl/N-ethyl adjacent to an activating group) is 1. The molecule has 0 bridgehead atoms. The molecule has 0 spiro atoms. The van der Waals surface area contributed by atoms with Gasteiger partial charge in [-0.3, -0.25) is 14.4 Å². The van der Waals surface area contributed by atoms with Crippen LogP contribution in [0.1, 0.15) is 51.9 Å².